The van der Waals surface area contributed by atoms with Gasteiger partial charge in [0.15, 0.2) is 16.7 Å². The lowest BCUT2D eigenvalue weighted by molar-refractivity contribution is 0.355. The smallest absolute Gasteiger partial charge is 0.266 e. The maximum absolute atomic E-state index is 13.7. The van der Waals surface area contributed by atoms with Gasteiger partial charge >= 0.3 is 0 Å². The molecule has 0 aliphatic rings. The first-order chi connectivity index (χ1) is 22.0. The topological polar surface area (TPSA) is 105 Å². The molecule has 0 atom stereocenters. The Morgan fingerprint density at radius 3 is 2.27 bits per heavy atom. The molecule has 0 aliphatic heterocycles. The van der Waals surface area contributed by atoms with Crippen molar-refractivity contribution in [3.63, 3.8) is 0 Å². The van der Waals surface area contributed by atoms with Gasteiger partial charge in [-0.15, -0.1) is 10.2 Å². The van der Waals surface area contributed by atoms with E-state index in [9.17, 15) is 9.18 Å². The fraction of sp³-hybridized carbons (Fsp3) is 0.0882. The predicted octanol–water partition coefficient (Wildman–Crippen LogP) is 7.10. The molecule has 0 radical (unpaired) electrons. The molecule has 7 rings (SSSR count). The molecule has 45 heavy (non-hydrogen) atoms. The van der Waals surface area contributed by atoms with Crippen LogP contribution in [0.2, 0.25) is 0 Å². The summed E-state index contributed by atoms with van der Waals surface area (Å²) in [6.07, 6.45) is 0. The van der Waals surface area contributed by atoms with Gasteiger partial charge in [-0.05, 0) is 66.7 Å². The first-order valence-corrected chi connectivity index (χ1v) is 14.9. The number of nitrogens with zero attached hydrogens (tertiary/aromatic N) is 5. The van der Waals surface area contributed by atoms with E-state index in [0.29, 0.717) is 50.7 Å². The molecule has 0 saturated heterocycles. The summed E-state index contributed by atoms with van der Waals surface area (Å²) in [7, 11) is 3.18. The molecule has 0 fully saturated rings. The Balaban J connectivity index is 1.25. The second-order valence-corrected chi connectivity index (χ2v) is 10.9. The number of benzene rings is 4. The van der Waals surface area contributed by atoms with Crippen molar-refractivity contribution in [3.05, 3.63) is 119 Å². The van der Waals surface area contributed by atoms with E-state index < -0.39 is 5.82 Å². The molecule has 11 heteroatoms. The zero-order chi connectivity index (χ0) is 30.9. The summed E-state index contributed by atoms with van der Waals surface area (Å²) >= 11 is 1.27. The first-order valence-electron chi connectivity index (χ1n) is 13.9. The zero-order valence-corrected chi connectivity index (χ0v) is 24.9. The lowest BCUT2D eigenvalue weighted by atomic mass is 10.0. The predicted molar refractivity (Wildman–Crippen MR) is 170 cm³/mol. The average Bonchev–Trinajstić information content (AvgIpc) is 3.56. The Bertz CT molecular complexity index is 2250. The first kappa shape index (κ1) is 28.2. The van der Waals surface area contributed by atoms with Gasteiger partial charge in [0.05, 0.1) is 53.3 Å². The van der Waals surface area contributed by atoms with Gasteiger partial charge in [-0.2, -0.15) is 0 Å². The molecule has 3 aromatic heterocycles. The number of rotatable bonds is 8. The van der Waals surface area contributed by atoms with Crippen molar-refractivity contribution in [2.75, 3.05) is 14.2 Å². The average molecular weight is 618 g/mol. The van der Waals surface area contributed by atoms with Gasteiger partial charge in [0.25, 0.3) is 5.56 Å². The molecule has 0 N–H and O–H groups in total. The van der Waals surface area contributed by atoms with Crippen molar-refractivity contribution in [1.29, 1.82) is 0 Å². The molecule has 0 unspecified atom stereocenters. The number of halogens is 1. The fourth-order valence-corrected chi connectivity index (χ4v) is 5.92. The van der Waals surface area contributed by atoms with E-state index >= 15 is 0 Å². The summed E-state index contributed by atoms with van der Waals surface area (Å²) in [6.45, 7) is 0. The molecular weight excluding hydrogens is 593 g/mol. The maximum Gasteiger partial charge on any atom is 0.266 e. The van der Waals surface area contributed by atoms with Crippen molar-refractivity contribution in [1.82, 2.24) is 24.7 Å². The van der Waals surface area contributed by atoms with E-state index in [1.807, 2.05) is 54.6 Å². The van der Waals surface area contributed by atoms with E-state index in [1.54, 1.807) is 44.6 Å². The van der Waals surface area contributed by atoms with Crippen molar-refractivity contribution >= 4 is 33.6 Å². The molecular formula is C34H24FN5O4S. The minimum atomic E-state index is -0.397. The van der Waals surface area contributed by atoms with E-state index in [0.717, 1.165) is 22.0 Å². The van der Waals surface area contributed by atoms with Gasteiger partial charge in [0, 0.05) is 10.9 Å². The van der Waals surface area contributed by atoms with Crippen LogP contribution in [-0.4, -0.2) is 39.0 Å². The standard InChI is InChI=1S/C34H24FN5O4S/c1-42-29-16-11-20(17-30(29)43-2)28-18-25(23-7-3-5-9-26(23)36-28)32-39-38-31(44-32)19-45-34-37-27-10-6-4-8-24(27)33(41)40(34)22-14-12-21(35)13-15-22/h3-18H,19H2,1-2H3. The van der Waals surface area contributed by atoms with E-state index in [2.05, 4.69) is 10.2 Å². The minimum absolute atomic E-state index is 0.241. The lowest BCUT2D eigenvalue weighted by Crippen LogP contribution is -2.21. The highest BCUT2D eigenvalue weighted by atomic mass is 32.2. The second-order valence-electron chi connectivity index (χ2n) is 9.96. The van der Waals surface area contributed by atoms with Crippen LogP contribution in [0.15, 0.2) is 111 Å². The Morgan fingerprint density at radius 1 is 0.800 bits per heavy atom. The Morgan fingerprint density at radius 2 is 1.51 bits per heavy atom. The SMILES string of the molecule is COc1ccc(-c2cc(-c3nnc(CSc4nc5ccccc5c(=O)n4-c4ccc(F)cc4)o3)c3ccccc3n2)cc1OC. The summed E-state index contributed by atoms with van der Waals surface area (Å²) in [5.41, 5.74) is 3.81. The molecule has 222 valence electrons. The highest BCUT2D eigenvalue weighted by molar-refractivity contribution is 7.98. The van der Waals surface area contributed by atoms with Crippen LogP contribution in [0, 0.1) is 5.82 Å². The van der Waals surface area contributed by atoms with Crippen LogP contribution in [-0.2, 0) is 5.75 Å². The van der Waals surface area contributed by atoms with Gasteiger partial charge < -0.3 is 13.9 Å². The molecule has 0 spiro atoms. The summed E-state index contributed by atoms with van der Waals surface area (Å²) in [5.74, 6) is 1.72. The Hall–Kier alpha value is -5.55. The van der Waals surface area contributed by atoms with E-state index in [-0.39, 0.29) is 11.3 Å². The van der Waals surface area contributed by atoms with Crippen molar-refractivity contribution in [2.45, 2.75) is 10.9 Å². The number of ether oxygens (including phenoxy) is 2. The number of aromatic nitrogens is 5. The van der Waals surface area contributed by atoms with Gasteiger partial charge in [-0.3, -0.25) is 9.36 Å². The molecule has 9 nitrogen and oxygen atoms in total. The normalized spacial score (nSPS) is 11.3. The van der Waals surface area contributed by atoms with Crippen LogP contribution in [0.3, 0.4) is 0 Å². The Labute approximate surface area is 260 Å². The quantitative estimate of drug-likeness (QED) is 0.130. The van der Waals surface area contributed by atoms with Crippen molar-refractivity contribution in [2.24, 2.45) is 0 Å². The van der Waals surface area contributed by atoms with Gasteiger partial charge in [0.1, 0.15) is 5.82 Å². The third-order valence-electron chi connectivity index (χ3n) is 7.25. The molecule has 0 bridgehead atoms. The van der Waals surface area contributed by atoms with Crippen LogP contribution in [0.4, 0.5) is 4.39 Å². The van der Waals surface area contributed by atoms with Crippen LogP contribution in [0.25, 0.3) is 50.2 Å². The third kappa shape index (κ3) is 5.38. The summed E-state index contributed by atoms with van der Waals surface area (Å²) in [6, 6.07) is 28.1. The molecule has 0 amide bonds. The Kier molecular flexibility index (Phi) is 7.44. The van der Waals surface area contributed by atoms with E-state index in [4.69, 9.17) is 23.9 Å². The monoisotopic (exact) mass is 617 g/mol. The molecule has 4 aromatic carbocycles. The van der Waals surface area contributed by atoms with E-state index in [1.165, 1.54) is 28.5 Å². The van der Waals surface area contributed by atoms with Crippen molar-refractivity contribution < 1.29 is 18.3 Å². The number of para-hydroxylation sites is 2. The number of fused-ring (bicyclic) bond motifs is 2. The second kappa shape index (κ2) is 11.9. The lowest BCUT2D eigenvalue weighted by Gasteiger charge is -2.12. The largest absolute Gasteiger partial charge is 0.493 e. The zero-order valence-electron chi connectivity index (χ0n) is 24.1. The molecule has 0 saturated carbocycles. The summed E-state index contributed by atoms with van der Waals surface area (Å²) < 4.78 is 32.2. The highest BCUT2D eigenvalue weighted by Gasteiger charge is 2.18. The highest BCUT2D eigenvalue weighted by Crippen LogP contribution is 2.36. The van der Waals surface area contributed by atoms with Gasteiger partial charge in [-0.1, -0.05) is 42.1 Å². The van der Waals surface area contributed by atoms with Crippen LogP contribution >= 0.6 is 11.8 Å². The summed E-state index contributed by atoms with van der Waals surface area (Å²) in [5, 5.41) is 10.4. The third-order valence-corrected chi connectivity index (χ3v) is 8.17. The summed E-state index contributed by atoms with van der Waals surface area (Å²) in [4.78, 5) is 23.1. The number of methoxy groups -OCH3 is 2. The fourth-order valence-electron chi connectivity index (χ4n) is 5.07. The number of pyridine rings is 1. The molecule has 3 heterocycles. The molecule has 0 aliphatic carbocycles. The number of hydrogen-bond donors (Lipinski definition) is 0. The van der Waals surface area contributed by atoms with Crippen LogP contribution < -0.4 is 15.0 Å². The van der Waals surface area contributed by atoms with Crippen LogP contribution in [0.1, 0.15) is 5.89 Å². The van der Waals surface area contributed by atoms with Gasteiger partial charge in [-0.25, -0.2) is 14.4 Å². The number of thioether (sulfide) groups is 1. The van der Waals surface area contributed by atoms with Gasteiger partial charge in [0.2, 0.25) is 11.8 Å². The maximum atomic E-state index is 13.7. The van der Waals surface area contributed by atoms with Crippen LogP contribution in [0.5, 0.6) is 11.5 Å². The molecule has 7 aromatic rings. The minimum Gasteiger partial charge on any atom is -0.493 e. The number of hydrogen-bond acceptors (Lipinski definition) is 9. The van der Waals surface area contributed by atoms with Crippen molar-refractivity contribution in [3.8, 4) is 39.9 Å².